The van der Waals surface area contributed by atoms with Crippen LogP contribution in [0.5, 0.6) is 0 Å². The Hall–Kier alpha value is -1.55. The first-order valence-electron chi connectivity index (χ1n) is 7.87. The van der Waals surface area contributed by atoms with Crippen LogP contribution < -0.4 is 5.32 Å². The van der Waals surface area contributed by atoms with Gasteiger partial charge in [0.2, 0.25) is 0 Å². The minimum atomic E-state index is 0.0555. The molecule has 116 valence electrons. The summed E-state index contributed by atoms with van der Waals surface area (Å²) in [5.41, 5.74) is 2.28. The highest BCUT2D eigenvalue weighted by Gasteiger charge is 2.20. The van der Waals surface area contributed by atoms with Crippen molar-refractivity contribution in [2.75, 3.05) is 19.7 Å². The highest BCUT2D eigenvalue weighted by atomic mass is 16.5. The molecule has 4 heteroatoms. The standard InChI is InChI=1S/C17H26N2O2/c1-3-21-13-16-8-6-15(7-9-16)11-18-17(20)19-10-4-5-14(2)12-19/h6-9,14H,3-5,10-13H2,1-2H3,(H,18,20). The van der Waals surface area contributed by atoms with Crippen LogP contribution in [0, 0.1) is 5.92 Å². The van der Waals surface area contributed by atoms with E-state index in [4.69, 9.17) is 4.74 Å². The summed E-state index contributed by atoms with van der Waals surface area (Å²) in [6.07, 6.45) is 2.34. The third-order valence-corrected chi connectivity index (χ3v) is 3.88. The fourth-order valence-corrected chi connectivity index (χ4v) is 2.64. The van der Waals surface area contributed by atoms with E-state index in [0.717, 1.165) is 37.2 Å². The second kappa shape index (κ2) is 8.03. The maximum absolute atomic E-state index is 12.1. The molecule has 1 atom stereocenters. The van der Waals surface area contributed by atoms with Crippen molar-refractivity contribution in [2.24, 2.45) is 5.92 Å². The molecule has 1 saturated heterocycles. The number of ether oxygens (including phenoxy) is 1. The lowest BCUT2D eigenvalue weighted by atomic mass is 10.0. The van der Waals surface area contributed by atoms with E-state index < -0.39 is 0 Å². The Kier molecular flexibility index (Phi) is 6.05. The van der Waals surface area contributed by atoms with Crippen molar-refractivity contribution in [3.05, 3.63) is 35.4 Å². The van der Waals surface area contributed by atoms with Gasteiger partial charge in [0.05, 0.1) is 6.61 Å². The monoisotopic (exact) mass is 290 g/mol. The van der Waals surface area contributed by atoms with Crippen molar-refractivity contribution in [1.82, 2.24) is 10.2 Å². The van der Waals surface area contributed by atoms with Crippen LogP contribution in [-0.4, -0.2) is 30.6 Å². The third-order valence-electron chi connectivity index (χ3n) is 3.88. The number of hydrogen-bond donors (Lipinski definition) is 1. The zero-order valence-corrected chi connectivity index (χ0v) is 13.1. The average molecular weight is 290 g/mol. The van der Waals surface area contributed by atoms with E-state index in [2.05, 4.69) is 24.4 Å². The van der Waals surface area contributed by atoms with Gasteiger partial charge in [-0.1, -0.05) is 31.2 Å². The number of nitrogens with one attached hydrogen (secondary N) is 1. The van der Waals surface area contributed by atoms with Crippen LogP contribution in [0.4, 0.5) is 4.79 Å². The zero-order valence-electron chi connectivity index (χ0n) is 13.1. The van der Waals surface area contributed by atoms with Gasteiger partial charge in [0.1, 0.15) is 0 Å². The number of urea groups is 1. The molecule has 1 heterocycles. The van der Waals surface area contributed by atoms with Crippen molar-refractivity contribution in [3.63, 3.8) is 0 Å². The van der Waals surface area contributed by atoms with Gasteiger partial charge < -0.3 is 15.0 Å². The molecule has 0 bridgehead atoms. The summed E-state index contributed by atoms with van der Waals surface area (Å²) in [4.78, 5) is 14.0. The first-order chi connectivity index (χ1) is 10.2. The molecule has 1 aromatic rings. The molecular weight excluding hydrogens is 264 g/mol. The summed E-state index contributed by atoms with van der Waals surface area (Å²) in [5.74, 6) is 0.613. The molecule has 0 saturated carbocycles. The van der Waals surface area contributed by atoms with E-state index in [1.165, 1.54) is 6.42 Å². The first-order valence-corrected chi connectivity index (χ1v) is 7.87. The number of likely N-dealkylation sites (tertiary alicyclic amines) is 1. The molecule has 0 radical (unpaired) electrons. The summed E-state index contributed by atoms with van der Waals surface area (Å²) in [7, 11) is 0. The van der Waals surface area contributed by atoms with Gasteiger partial charge in [0, 0.05) is 26.2 Å². The van der Waals surface area contributed by atoms with E-state index in [1.54, 1.807) is 0 Å². The number of piperidine rings is 1. The minimum Gasteiger partial charge on any atom is -0.377 e. The molecule has 0 spiro atoms. The van der Waals surface area contributed by atoms with E-state index in [9.17, 15) is 4.79 Å². The van der Waals surface area contributed by atoms with Gasteiger partial charge in [-0.15, -0.1) is 0 Å². The molecule has 0 aromatic heterocycles. The molecule has 2 amide bonds. The van der Waals surface area contributed by atoms with E-state index in [1.807, 2.05) is 24.0 Å². The van der Waals surface area contributed by atoms with Crippen molar-refractivity contribution < 1.29 is 9.53 Å². The molecule has 1 N–H and O–H groups in total. The Bertz CT molecular complexity index is 445. The second-order valence-corrected chi connectivity index (χ2v) is 5.81. The SMILES string of the molecule is CCOCc1ccc(CNC(=O)N2CCCC(C)C2)cc1. The predicted octanol–water partition coefficient (Wildman–Crippen LogP) is 3.16. The smallest absolute Gasteiger partial charge is 0.317 e. The molecule has 4 nitrogen and oxygen atoms in total. The summed E-state index contributed by atoms with van der Waals surface area (Å²) in [5, 5.41) is 3.01. The molecule has 0 aliphatic carbocycles. The molecule has 1 aromatic carbocycles. The molecule has 1 aliphatic heterocycles. The lowest BCUT2D eigenvalue weighted by Gasteiger charge is -2.30. The van der Waals surface area contributed by atoms with E-state index >= 15 is 0 Å². The average Bonchev–Trinajstić information content (AvgIpc) is 2.51. The Morgan fingerprint density at radius 3 is 2.71 bits per heavy atom. The van der Waals surface area contributed by atoms with Gasteiger partial charge in [0.25, 0.3) is 0 Å². The van der Waals surface area contributed by atoms with Gasteiger partial charge in [-0.3, -0.25) is 0 Å². The maximum Gasteiger partial charge on any atom is 0.317 e. The van der Waals surface area contributed by atoms with Crippen LogP contribution in [-0.2, 0) is 17.9 Å². The zero-order chi connectivity index (χ0) is 15.1. The van der Waals surface area contributed by atoms with Crippen molar-refractivity contribution >= 4 is 6.03 Å². The molecule has 1 unspecified atom stereocenters. The summed E-state index contributed by atoms with van der Waals surface area (Å²) < 4.78 is 5.37. The van der Waals surface area contributed by atoms with Crippen LogP contribution in [0.15, 0.2) is 24.3 Å². The van der Waals surface area contributed by atoms with Crippen LogP contribution in [0.1, 0.15) is 37.8 Å². The van der Waals surface area contributed by atoms with Crippen LogP contribution in [0.25, 0.3) is 0 Å². The number of hydrogen-bond acceptors (Lipinski definition) is 2. The van der Waals surface area contributed by atoms with Crippen molar-refractivity contribution in [3.8, 4) is 0 Å². The quantitative estimate of drug-likeness (QED) is 0.905. The van der Waals surface area contributed by atoms with E-state index in [0.29, 0.717) is 19.1 Å². The van der Waals surface area contributed by atoms with Gasteiger partial charge in [0.15, 0.2) is 0 Å². The number of carbonyl (C=O) groups is 1. The van der Waals surface area contributed by atoms with E-state index in [-0.39, 0.29) is 6.03 Å². The third kappa shape index (κ3) is 5.05. The molecule has 1 aliphatic rings. The number of benzene rings is 1. The topological polar surface area (TPSA) is 41.6 Å². The Morgan fingerprint density at radius 1 is 1.33 bits per heavy atom. The van der Waals surface area contributed by atoms with Crippen molar-refractivity contribution in [2.45, 2.75) is 39.8 Å². The summed E-state index contributed by atoms with van der Waals surface area (Å²) in [6, 6.07) is 8.26. The number of nitrogens with zero attached hydrogens (tertiary/aromatic N) is 1. The second-order valence-electron chi connectivity index (χ2n) is 5.81. The highest BCUT2D eigenvalue weighted by Crippen LogP contribution is 2.15. The Labute approximate surface area is 127 Å². The largest absolute Gasteiger partial charge is 0.377 e. The van der Waals surface area contributed by atoms with Gasteiger partial charge >= 0.3 is 6.03 Å². The fourth-order valence-electron chi connectivity index (χ4n) is 2.64. The Balaban J connectivity index is 1.78. The predicted molar refractivity (Wildman–Crippen MR) is 84.0 cm³/mol. The van der Waals surface area contributed by atoms with Gasteiger partial charge in [-0.05, 0) is 36.8 Å². The normalized spacial score (nSPS) is 18.6. The lowest BCUT2D eigenvalue weighted by Crippen LogP contribution is -2.44. The summed E-state index contributed by atoms with van der Waals surface area (Å²) in [6.45, 7) is 7.91. The Morgan fingerprint density at radius 2 is 2.05 bits per heavy atom. The molecule has 21 heavy (non-hydrogen) atoms. The number of rotatable bonds is 5. The summed E-state index contributed by atoms with van der Waals surface area (Å²) >= 11 is 0. The van der Waals surface area contributed by atoms with Crippen molar-refractivity contribution in [1.29, 1.82) is 0 Å². The van der Waals surface area contributed by atoms with Crippen LogP contribution in [0.3, 0.4) is 0 Å². The van der Waals surface area contributed by atoms with Crippen LogP contribution >= 0.6 is 0 Å². The molecule has 1 fully saturated rings. The van der Waals surface area contributed by atoms with Crippen LogP contribution in [0.2, 0.25) is 0 Å². The van der Waals surface area contributed by atoms with Gasteiger partial charge in [-0.25, -0.2) is 4.79 Å². The van der Waals surface area contributed by atoms with Gasteiger partial charge in [-0.2, -0.15) is 0 Å². The first kappa shape index (κ1) is 15.8. The molecule has 2 rings (SSSR count). The fraction of sp³-hybridized carbons (Fsp3) is 0.588. The maximum atomic E-state index is 12.1. The number of amides is 2. The lowest BCUT2D eigenvalue weighted by molar-refractivity contribution is 0.134. The highest BCUT2D eigenvalue weighted by molar-refractivity contribution is 5.74. The minimum absolute atomic E-state index is 0.0555. The molecular formula is C17H26N2O2. The number of carbonyl (C=O) groups excluding carboxylic acids is 1.